The summed E-state index contributed by atoms with van der Waals surface area (Å²) >= 11 is 0. The zero-order chi connectivity index (χ0) is 26.5. The molecule has 0 aromatic heterocycles. The maximum Gasteiger partial charge on any atom is 0.324 e. The van der Waals surface area contributed by atoms with E-state index in [2.05, 4.69) is 6.92 Å². The molecule has 1 fully saturated rings. The number of phenols is 1. The van der Waals surface area contributed by atoms with E-state index < -0.39 is 23.6 Å². The Balaban J connectivity index is 1.18. The van der Waals surface area contributed by atoms with E-state index in [-0.39, 0.29) is 18.1 Å². The lowest BCUT2D eigenvalue weighted by molar-refractivity contribution is -0.139. The largest absolute Gasteiger partial charge is 0.505 e. The number of phenolic OH excluding ortho intramolecular Hbond substituents is 1. The van der Waals surface area contributed by atoms with E-state index in [9.17, 15) is 19.1 Å². The second-order valence-corrected chi connectivity index (χ2v) is 10.2. The highest BCUT2D eigenvalue weighted by Gasteiger charge is 2.34. The second kappa shape index (κ2) is 11.8. The summed E-state index contributed by atoms with van der Waals surface area (Å²) in [5.74, 6) is -0.0705. The Morgan fingerprint density at radius 3 is 2.57 bits per heavy atom. The number of aromatic hydroxyl groups is 1. The third-order valence-electron chi connectivity index (χ3n) is 7.64. The molecule has 2 aliphatic rings. The highest BCUT2D eigenvalue weighted by Crippen LogP contribution is 2.37. The monoisotopic (exact) mass is 514 g/mol. The van der Waals surface area contributed by atoms with Gasteiger partial charge in [0, 0.05) is 19.2 Å². The number of carbonyl (C=O) groups excluding carboxylic acids is 1. The number of carboxylic acid groups (broad SMARTS) is 1. The van der Waals surface area contributed by atoms with Gasteiger partial charge in [0.1, 0.15) is 24.1 Å². The van der Waals surface area contributed by atoms with Crippen LogP contribution in [-0.4, -0.2) is 52.8 Å². The van der Waals surface area contributed by atoms with Gasteiger partial charge in [-0.25, -0.2) is 4.39 Å². The molecule has 4 N–H and O–H groups in total. The Hall–Kier alpha value is -3.33. The SMILES string of the molecule is CC(CCOc1cccc(OC[C@H](N)C(=O)O)c1)C1CCC(CN2Cc3ccc(O)c(F)c3C2=O)CC1. The van der Waals surface area contributed by atoms with Crippen LogP contribution < -0.4 is 15.2 Å². The molecule has 0 bridgehead atoms. The average molecular weight is 515 g/mol. The Morgan fingerprint density at radius 2 is 1.86 bits per heavy atom. The number of carboxylic acids is 1. The molecule has 1 aliphatic carbocycles. The van der Waals surface area contributed by atoms with Gasteiger partial charge in [0.05, 0.1) is 12.2 Å². The molecular formula is C28H35FN2O6. The van der Waals surface area contributed by atoms with Crippen molar-refractivity contribution in [3.63, 3.8) is 0 Å². The first kappa shape index (κ1) is 26.7. The maximum atomic E-state index is 14.2. The molecule has 2 aromatic carbocycles. The van der Waals surface area contributed by atoms with Gasteiger partial charge in [-0.15, -0.1) is 0 Å². The van der Waals surface area contributed by atoms with Crippen molar-refractivity contribution in [2.24, 2.45) is 23.5 Å². The van der Waals surface area contributed by atoms with E-state index in [0.29, 0.717) is 54.5 Å². The van der Waals surface area contributed by atoms with E-state index in [1.54, 1.807) is 29.2 Å². The lowest BCUT2D eigenvalue weighted by Crippen LogP contribution is -2.36. The lowest BCUT2D eigenvalue weighted by Gasteiger charge is -2.34. The number of aliphatic carboxylic acids is 1. The van der Waals surface area contributed by atoms with Crippen molar-refractivity contribution in [2.75, 3.05) is 19.8 Å². The van der Waals surface area contributed by atoms with Gasteiger partial charge >= 0.3 is 5.97 Å². The van der Waals surface area contributed by atoms with Gasteiger partial charge < -0.3 is 30.3 Å². The number of nitrogens with two attached hydrogens (primary N) is 1. The van der Waals surface area contributed by atoms with Crippen molar-refractivity contribution >= 4 is 11.9 Å². The first-order valence-corrected chi connectivity index (χ1v) is 12.9. The van der Waals surface area contributed by atoms with Crippen LogP contribution in [0.4, 0.5) is 4.39 Å². The molecule has 4 rings (SSSR count). The first-order chi connectivity index (χ1) is 17.7. The molecule has 0 radical (unpaired) electrons. The normalized spacial score (nSPS) is 20.8. The standard InChI is InChI=1S/C28H35FN2O6/c1-17(11-12-36-21-3-2-4-22(13-21)37-16-23(30)28(34)35)19-7-5-18(6-8-19)14-31-15-20-9-10-24(32)26(29)25(20)27(31)33/h2-4,9-10,13,17-19,23,32H,5-8,11-12,14-16,30H2,1H3,(H,34,35)/t17?,18?,19?,23-/m0/s1. The van der Waals surface area contributed by atoms with Gasteiger partial charge in [-0.05, 0) is 73.6 Å². The summed E-state index contributed by atoms with van der Waals surface area (Å²) in [5, 5.41) is 18.5. The minimum atomic E-state index is -1.11. The van der Waals surface area contributed by atoms with Gasteiger partial charge in [-0.3, -0.25) is 9.59 Å². The number of rotatable bonds is 11. The molecule has 0 saturated heterocycles. The van der Waals surface area contributed by atoms with Gasteiger partial charge in [-0.2, -0.15) is 0 Å². The molecule has 1 saturated carbocycles. The fourth-order valence-corrected chi connectivity index (χ4v) is 5.31. The molecule has 1 heterocycles. The Kier molecular flexibility index (Phi) is 8.53. The molecule has 9 heteroatoms. The van der Waals surface area contributed by atoms with Gasteiger partial charge in [-0.1, -0.05) is 19.1 Å². The van der Waals surface area contributed by atoms with Gasteiger partial charge in [0.2, 0.25) is 0 Å². The van der Waals surface area contributed by atoms with Crippen molar-refractivity contribution in [1.82, 2.24) is 4.90 Å². The highest BCUT2D eigenvalue weighted by molar-refractivity contribution is 5.99. The fraction of sp³-hybridized carbons (Fsp3) is 0.500. The number of nitrogens with zero attached hydrogens (tertiary/aromatic N) is 1. The molecule has 37 heavy (non-hydrogen) atoms. The van der Waals surface area contributed by atoms with Crippen molar-refractivity contribution in [3.8, 4) is 17.2 Å². The molecule has 1 unspecified atom stereocenters. The molecule has 2 atom stereocenters. The van der Waals surface area contributed by atoms with Crippen LogP contribution in [-0.2, 0) is 11.3 Å². The molecule has 8 nitrogen and oxygen atoms in total. The number of halogens is 1. The smallest absolute Gasteiger partial charge is 0.324 e. The van der Waals surface area contributed by atoms with Crippen LogP contribution in [0.5, 0.6) is 17.2 Å². The predicted octanol–water partition coefficient (Wildman–Crippen LogP) is 4.19. The van der Waals surface area contributed by atoms with Gasteiger partial charge in [0.15, 0.2) is 11.6 Å². The molecule has 1 amide bonds. The van der Waals surface area contributed by atoms with E-state index in [1.165, 1.54) is 6.07 Å². The van der Waals surface area contributed by atoms with Crippen molar-refractivity contribution in [2.45, 2.75) is 51.6 Å². The van der Waals surface area contributed by atoms with Crippen molar-refractivity contribution < 1.29 is 33.7 Å². The number of benzene rings is 2. The summed E-state index contributed by atoms with van der Waals surface area (Å²) in [7, 11) is 0. The van der Waals surface area contributed by atoms with Crippen LogP contribution >= 0.6 is 0 Å². The summed E-state index contributed by atoms with van der Waals surface area (Å²) in [6, 6.07) is 8.96. The predicted molar refractivity (Wildman–Crippen MR) is 135 cm³/mol. The fourth-order valence-electron chi connectivity index (χ4n) is 5.31. The van der Waals surface area contributed by atoms with Crippen LogP contribution in [0.1, 0.15) is 54.9 Å². The van der Waals surface area contributed by atoms with E-state index in [0.717, 1.165) is 32.1 Å². The zero-order valence-corrected chi connectivity index (χ0v) is 21.1. The summed E-state index contributed by atoms with van der Waals surface area (Å²) in [6.45, 7) is 3.72. The highest BCUT2D eigenvalue weighted by atomic mass is 19.1. The number of amides is 1. The lowest BCUT2D eigenvalue weighted by atomic mass is 9.75. The summed E-state index contributed by atoms with van der Waals surface area (Å²) in [5.41, 5.74) is 6.13. The topological polar surface area (TPSA) is 122 Å². The van der Waals surface area contributed by atoms with E-state index >= 15 is 0 Å². The van der Waals surface area contributed by atoms with E-state index in [1.807, 2.05) is 6.07 Å². The first-order valence-electron chi connectivity index (χ1n) is 12.9. The average Bonchev–Trinajstić information content (AvgIpc) is 3.20. The van der Waals surface area contributed by atoms with E-state index in [4.69, 9.17) is 20.3 Å². The van der Waals surface area contributed by atoms with Crippen molar-refractivity contribution in [1.29, 1.82) is 0 Å². The molecule has 200 valence electrons. The van der Waals surface area contributed by atoms with Crippen LogP contribution in [0.15, 0.2) is 36.4 Å². The number of hydrogen-bond donors (Lipinski definition) is 3. The molecule has 2 aromatic rings. The van der Waals surface area contributed by atoms with Crippen LogP contribution in [0.25, 0.3) is 0 Å². The number of ether oxygens (including phenoxy) is 2. The number of hydrogen-bond acceptors (Lipinski definition) is 6. The zero-order valence-electron chi connectivity index (χ0n) is 21.1. The third-order valence-corrected chi connectivity index (χ3v) is 7.64. The summed E-state index contributed by atoms with van der Waals surface area (Å²) < 4.78 is 25.6. The Labute approximate surface area is 216 Å². The summed E-state index contributed by atoms with van der Waals surface area (Å²) in [4.78, 5) is 25.2. The molecule has 0 spiro atoms. The molecule has 1 aliphatic heterocycles. The Morgan fingerprint density at radius 1 is 1.16 bits per heavy atom. The molecular weight excluding hydrogens is 479 g/mol. The summed E-state index contributed by atoms with van der Waals surface area (Å²) in [6.07, 6.45) is 5.14. The van der Waals surface area contributed by atoms with Crippen LogP contribution in [0.2, 0.25) is 0 Å². The second-order valence-electron chi connectivity index (χ2n) is 10.2. The van der Waals surface area contributed by atoms with Crippen molar-refractivity contribution in [3.05, 3.63) is 53.3 Å². The third kappa shape index (κ3) is 6.52. The minimum Gasteiger partial charge on any atom is -0.505 e. The minimum absolute atomic E-state index is 0.0169. The van der Waals surface area contributed by atoms with Crippen LogP contribution in [0.3, 0.4) is 0 Å². The van der Waals surface area contributed by atoms with Crippen LogP contribution in [0, 0.1) is 23.6 Å². The number of carbonyl (C=O) groups is 2. The van der Waals surface area contributed by atoms with Gasteiger partial charge in [0.25, 0.3) is 5.91 Å². The Bertz CT molecular complexity index is 1120. The maximum absolute atomic E-state index is 14.2. The quantitative estimate of drug-likeness (QED) is 0.411. The number of fused-ring (bicyclic) bond motifs is 1.